The molecule has 0 fully saturated rings. The minimum absolute atomic E-state index is 0. The fraction of sp³-hybridized carbons (Fsp3) is 0.545. The fourth-order valence-corrected chi connectivity index (χ4v) is 0.943. The first kappa shape index (κ1) is 14.3. The largest absolute Gasteiger partial charge is 1.00 e. The summed E-state index contributed by atoms with van der Waals surface area (Å²) in [4.78, 5) is 12.8. The van der Waals surface area contributed by atoms with Gasteiger partial charge in [0.15, 0.2) is 0 Å². The zero-order valence-electron chi connectivity index (χ0n) is 10.1. The third kappa shape index (κ3) is 5.11. The molecule has 0 radical (unpaired) electrons. The van der Waals surface area contributed by atoms with Gasteiger partial charge in [-0.2, -0.15) is 0 Å². The van der Waals surface area contributed by atoms with Crippen LogP contribution in [-0.2, 0) is 4.74 Å². The number of allylic oxidation sites excluding steroid dienone is 2. The van der Waals surface area contributed by atoms with Gasteiger partial charge >= 0.3 is 18.9 Å². The van der Waals surface area contributed by atoms with Gasteiger partial charge in [-0.15, -0.1) is 12.2 Å². The molecule has 3 nitrogen and oxygen atoms in total. The van der Waals surface area contributed by atoms with Crippen LogP contribution in [-0.4, -0.2) is 16.6 Å². The third-order valence-corrected chi connectivity index (χ3v) is 1.61. The second-order valence-electron chi connectivity index (χ2n) is 4.35. The molecule has 15 heavy (non-hydrogen) atoms. The van der Waals surface area contributed by atoms with E-state index in [9.17, 15) is 4.79 Å². The molecule has 0 saturated carbocycles. The predicted octanol–water partition coefficient (Wildman–Crippen LogP) is -0.292. The van der Waals surface area contributed by atoms with Gasteiger partial charge in [-0.1, -0.05) is 19.3 Å². The number of hydrogen-bond donors (Lipinski definition) is 0. The van der Waals surface area contributed by atoms with Crippen molar-refractivity contribution in [1.29, 1.82) is 0 Å². The van der Waals surface area contributed by atoms with Crippen molar-refractivity contribution in [2.45, 2.75) is 33.3 Å². The van der Waals surface area contributed by atoms with E-state index in [1.165, 1.54) is 4.90 Å². The first-order valence-corrected chi connectivity index (χ1v) is 4.68. The molecule has 1 aliphatic heterocycles. The van der Waals surface area contributed by atoms with Crippen molar-refractivity contribution in [2.75, 3.05) is 0 Å². The Morgan fingerprint density at radius 1 is 1.47 bits per heavy atom. The number of carbonyl (C=O) groups excluding carboxylic acids is 1. The average molecular weight is 201 g/mol. The van der Waals surface area contributed by atoms with Gasteiger partial charge in [0.05, 0.1) is 5.60 Å². The Bertz CT molecular complexity index is 265. The molecular formula is C11H16LiNO2. The molecule has 0 aromatic heterocycles. The van der Waals surface area contributed by atoms with Crippen molar-refractivity contribution in [3.63, 3.8) is 0 Å². The standard InChI is InChI=1S/C11H16NO2.Li/c1-9-5-7-12(8-6-9)10(13)14-11(2,3)4;/h5-7,9H,1-4H3;/q-1;+1. The first-order chi connectivity index (χ1) is 6.38. The van der Waals surface area contributed by atoms with Gasteiger partial charge in [-0.05, 0) is 26.7 Å². The van der Waals surface area contributed by atoms with E-state index in [4.69, 9.17) is 4.74 Å². The van der Waals surface area contributed by atoms with E-state index in [0.29, 0.717) is 5.92 Å². The van der Waals surface area contributed by atoms with Gasteiger partial charge in [-0.3, -0.25) is 0 Å². The Morgan fingerprint density at radius 3 is 2.47 bits per heavy atom. The summed E-state index contributed by atoms with van der Waals surface area (Å²) in [5.41, 5.74) is -0.463. The maximum atomic E-state index is 11.5. The van der Waals surface area contributed by atoms with E-state index in [2.05, 4.69) is 6.20 Å². The Balaban J connectivity index is 0.00000196. The maximum absolute atomic E-state index is 11.5. The third-order valence-electron chi connectivity index (χ3n) is 1.61. The SMILES string of the molecule is CC1C=[C-]N(C(=O)OC(C)(C)C)C=C1.[Li+]. The Hall–Kier alpha value is -0.653. The molecular weight excluding hydrogens is 185 g/mol. The van der Waals surface area contributed by atoms with Crippen molar-refractivity contribution in [3.8, 4) is 0 Å². The summed E-state index contributed by atoms with van der Waals surface area (Å²) in [6.45, 7) is 7.54. The second kappa shape index (κ2) is 5.44. The van der Waals surface area contributed by atoms with Crippen molar-refractivity contribution < 1.29 is 28.4 Å². The van der Waals surface area contributed by atoms with Crippen LogP contribution >= 0.6 is 0 Å². The van der Waals surface area contributed by atoms with E-state index >= 15 is 0 Å². The molecule has 0 spiro atoms. The van der Waals surface area contributed by atoms with Crippen LogP contribution in [0.5, 0.6) is 0 Å². The monoisotopic (exact) mass is 201 g/mol. The molecule has 0 bridgehead atoms. The Morgan fingerprint density at radius 2 is 2.07 bits per heavy atom. The van der Waals surface area contributed by atoms with Crippen LogP contribution in [0.15, 0.2) is 18.4 Å². The molecule has 1 atom stereocenters. The molecule has 0 saturated heterocycles. The molecule has 0 aromatic carbocycles. The molecule has 1 unspecified atom stereocenters. The number of ether oxygens (including phenoxy) is 1. The zero-order valence-corrected chi connectivity index (χ0v) is 10.1. The zero-order chi connectivity index (χ0) is 10.8. The van der Waals surface area contributed by atoms with Crippen LogP contribution in [0.2, 0.25) is 0 Å². The van der Waals surface area contributed by atoms with Crippen LogP contribution in [0.1, 0.15) is 27.7 Å². The quantitative estimate of drug-likeness (QED) is 0.398. The Labute approximate surface area is 103 Å². The van der Waals surface area contributed by atoms with Crippen molar-refractivity contribution in [2.24, 2.45) is 5.92 Å². The summed E-state index contributed by atoms with van der Waals surface area (Å²) < 4.78 is 5.17. The molecule has 0 aliphatic carbocycles. The summed E-state index contributed by atoms with van der Waals surface area (Å²) in [5, 5.41) is 0. The van der Waals surface area contributed by atoms with Crippen LogP contribution in [0.25, 0.3) is 0 Å². The van der Waals surface area contributed by atoms with Crippen LogP contribution in [0.3, 0.4) is 0 Å². The summed E-state index contributed by atoms with van der Waals surface area (Å²) >= 11 is 0. The van der Waals surface area contributed by atoms with Crippen molar-refractivity contribution >= 4 is 6.09 Å². The van der Waals surface area contributed by atoms with Gasteiger partial charge in [0.25, 0.3) is 6.09 Å². The molecule has 1 aliphatic rings. The molecule has 0 aromatic rings. The minimum atomic E-state index is -0.463. The maximum Gasteiger partial charge on any atom is 1.00 e. The minimum Gasteiger partial charge on any atom is -0.502 e. The molecule has 4 heteroatoms. The van der Waals surface area contributed by atoms with Crippen molar-refractivity contribution in [3.05, 3.63) is 24.6 Å². The van der Waals surface area contributed by atoms with Gasteiger partial charge in [0.2, 0.25) is 0 Å². The molecule has 1 amide bonds. The molecule has 1 heterocycles. The van der Waals surface area contributed by atoms with Gasteiger partial charge < -0.3 is 14.4 Å². The molecule has 0 N–H and O–H groups in total. The van der Waals surface area contributed by atoms with E-state index in [1.54, 1.807) is 6.20 Å². The number of hydrogen-bond acceptors (Lipinski definition) is 2. The number of nitrogens with zero attached hydrogens (tertiary/aromatic N) is 1. The first-order valence-electron chi connectivity index (χ1n) is 4.68. The Kier molecular flexibility index (Phi) is 5.20. The van der Waals surface area contributed by atoms with Gasteiger partial charge in [0.1, 0.15) is 0 Å². The van der Waals surface area contributed by atoms with Crippen LogP contribution in [0, 0.1) is 12.1 Å². The van der Waals surface area contributed by atoms with Crippen molar-refractivity contribution in [1.82, 2.24) is 4.90 Å². The number of rotatable bonds is 0. The van der Waals surface area contributed by atoms with E-state index in [1.807, 2.05) is 39.8 Å². The van der Waals surface area contributed by atoms with Gasteiger partial charge in [-0.25, -0.2) is 0 Å². The summed E-state index contributed by atoms with van der Waals surface area (Å²) in [6, 6.07) is 0. The summed E-state index contributed by atoms with van der Waals surface area (Å²) in [6.07, 6.45) is 7.87. The van der Waals surface area contributed by atoms with E-state index < -0.39 is 11.7 Å². The van der Waals surface area contributed by atoms with E-state index in [0.717, 1.165) is 0 Å². The number of carbonyl (C=O) groups is 1. The van der Waals surface area contributed by atoms with Gasteiger partial charge in [0, 0.05) is 0 Å². The normalized spacial score (nSPS) is 19.7. The van der Waals surface area contributed by atoms with E-state index in [-0.39, 0.29) is 18.9 Å². The molecule has 78 valence electrons. The van der Waals surface area contributed by atoms with Crippen LogP contribution < -0.4 is 18.9 Å². The predicted molar refractivity (Wildman–Crippen MR) is 54.2 cm³/mol. The summed E-state index contributed by atoms with van der Waals surface area (Å²) in [7, 11) is 0. The molecule has 1 rings (SSSR count). The average Bonchev–Trinajstić information content (AvgIpc) is 2.02. The fourth-order valence-electron chi connectivity index (χ4n) is 0.943. The van der Waals surface area contributed by atoms with Crippen LogP contribution in [0.4, 0.5) is 4.79 Å². The topological polar surface area (TPSA) is 29.5 Å². The smallest absolute Gasteiger partial charge is 0.502 e. The summed E-state index contributed by atoms with van der Waals surface area (Å²) in [5.74, 6) is 0.327. The second-order valence-corrected chi connectivity index (χ2v) is 4.35. The number of amides is 1.